The molecule has 7 nitrogen and oxygen atoms in total. The number of amides is 1. The van der Waals surface area contributed by atoms with Crippen LogP contribution in [-0.2, 0) is 0 Å². The Morgan fingerprint density at radius 3 is 2.61 bits per heavy atom. The largest absolute Gasteiger partial charge is 0.452 e. The van der Waals surface area contributed by atoms with Crippen LogP contribution in [0.5, 0.6) is 11.5 Å². The van der Waals surface area contributed by atoms with Crippen LogP contribution in [0.1, 0.15) is 27.4 Å². The van der Waals surface area contributed by atoms with E-state index in [1.54, 1.807) is 42.1 Å². The van der Waals surface area contributed by atoms with Gasteiger partial charge in [-0.05, 0) is 62.5 Å². The van der Waals surface area contributed by atoms with Gasteiger partial charge in [-0.15, -0.1) is 0 Å². The number of aromatic nitrogens is 3. The van der Waals surface area contributed by atoms with Gasteiger partial charge in [0.05, 0.1) is 22.6 Å². The van der Waals surface area contributed by atoms with Crippen molar-refractivity contribution >= 4 is 17.7 Å². The molecule has 8 heteroatoms. The number of rotatable bonds is 6. The van der Waals surface area contributed by atoms with Crippen molar-refractivity contribution in [1.82, 2.24) is 14.8 Å². The number of nitrogens with zero attached hydrogens (tertiary/aromatic N) is 3. The molecule has 0 saturated carbocycles. The van der Waals surface area contributed by atoms with Crippen molar-refractivity contribution in [3.63, 3.8) is 0 Å². The molecule has 2 aromatic carbocycles. The Labute approximate surface area is 190 Å². The Hall–Kier alpha value is -4.46. The molecule has 33 heavy (non-hydrogen) atoms. The number of hydrogen-bond acceptors (Lipinski definition) is 5. The number of carbonyl (C=O) groups excluding carboxylic acids is 1. The molecule has 0 fully saturated rings. The molecule has 4 rings (SSSR count). The van der Waals surface area contributed by atoms with E-state index >= 15 is 0 Å². The standard InChI is InChI=1S/C25H22FN5O2/c1-16-24(17(2)31(30-16)19-7-4-3-5-8-19)25(32)29-18-10-11-22(20(26)15-18)33-23-9-6-14-28-21(23)12-13-27/h3-15H,27H2,1-2H3,(H,29,32). The first kappa shape index (κ1) is 21.8. The van der Waals surface area contributed by atoms with Crippen molar-refractivity contribution in [2.45, 2.75) is 13.8 Å². The maximum Gasteiger partial charge on any atom is 0.259 e. The molecular formula is C25H22FN5O2. The summed E-state index contributed by atoms with van der Waals surface area (Å²) in [5.74, 6) is -0.651. The van der Waals surface area contributed by atoms with Crippen LogP contribution in [-0.4, -0.2) is 20.7 Å². The lowest BCUT2D eigenvalue weighted by atomic mass is 10.1. The predicted octanol–water partition coefficient (Wildman–Crippen LogP) is 5.00. The van der Waals surface area contributed by atoms with E-state index < -0.39 is 5.82 Å². The van der Waals surface area contributed by atoms with Crippen LogP contribution in [0.25, 0.3) is 11.8 Å². The van der Waals surface area contributed by atoms with E-state index in [4.69, 9.17) is 10.5 Å². The second-order valence-electron chi connectivity index (χ2n) is 7.24. The average Bonchev–Trinajstić information content (AvgIpc) is 3.11. The second-order valence-corrected chi connectivity index (χ2v) is 7.24. The van der Waals surface area contributed by atoms with E-state index in [9.17, 15) is 9.18 Å². The quantitative estimate of drug-likeness (QED) is 0.437. The van der Waals surface area contributed by atoms with E-state index in [1.807, 2.05) is 37.3 Å². The van der Waals surface area contributed by atoms with Gasteiger partial charge in [-0.25, -0.2) is 9.07 Å². The summed E-state index contributed by atoms with van der Waals surface area (Å²) in [6.45, 7) is 3.58. The Bertz CT molecular complexity index is 1330. The number of halogens is 1. The molecule has 2 aromatic heterocycles. The third kappa shape index (κ3) is 4.59. The Balaban J connectivity index is 1.55. The number of aryl methyl sites for hydroxylation is 1. The van der Waals surface area contributed by atoms with Crippen molar-refractivity contribution in [3.05, 3.63) is 102 Å². The van der Waals surface area contributed by atoms with Gasteiger partial charge in [-0.1, -0.05) is 18.2 Å². The Morgan fingerprint density at radius 1 is 1.09 bits per heavy atom. The van der Waals surface area contributed by atoms with Gasteiger partial charge >= 0.3 is 0 Å². The maximum atomic E-state index is 14.7. The highest BCUT2D eigenvalue weighted by atomic mass is 19.1. The fourth-order valence-electron chi connectivity index (χ4n) is 3.47. The van der Waals surface area contributed by atoms with Gasteiger partial charge in [0.2, 0.25) is 0 Å². The first-order chi connectivity index (χ1) is 16.0. The highest BCUT2D eigenvalue weighted by Crippen LogP contribution is 2.29. The summed E-state index contributed by atoms with van der Waals surface area (Å²) in [5.41, 5.74) is 8.75. The number of anilines is 1. The maximum absolute atomic E-state index is 14.7. The SMILES string of the molecule is Cc1nn(-c2ccccc2)c(C)c1C(=O)Nc1ccc(Oc2cccnc2C=CN)c(F)c1. The van der Waals surface area contributed by atoms with Crippen molar-refractivity contribution in [1.29, 1.82) is 0 Å². The summed E-state index contributed by atoms with van der Waals surface area (Å²) in [6, 6.07) is 17.1. The molecule has 0 aliphatic heterocycles. The molecule has 3 N–H and O–H groups in total. The molecule has 0 spiro atoms. The van der Waals surface area contributed by atoms with E-state index in [-0.39, 0.29) is 11.7 Å². The number of nitrogens with one attached hydrogen (secondary N) is 1. The lowest BCUT2D eigenvalue weighted by Crippen LogP contribution is -2.14. The summed E-state index contributed by atoms with van der Waals surface area (Å²) >= 11 is 0. The summed E-state index contributed by atoms with van der Waals surface area (Å²) in [7, 11) is 0. The van der Waals surface area contributed by atoms with Gasteiger partial charge in [-0.2, -0.15) is 5.10 Å². The van der Waals surface area contributed by atoms with Crippen LogP contribution in [0.4, 0.5) is 10.1 Å². The molecule has 4 aromatic rings. The van der Waals surface area contributed by atoms with Crippen LogP contribution in [0.15, 0.2) is 73.1 Å². The molecule has 0 aliphatic rings. The summed E-state index contributed by atoms with van der Waals surface area (Å²) < 4.78 is 22.1. The number of nitrogens with two attached hydrogens (primary N) is 1. The normalized spacial score (nSPS) is 11.0. The first-order valence-corrected chi connectivity index (χ1v) is 10.2. The topological polar surface area (TPSA) is 95.1 Å². The minimum absolute atomic E-state index is 0.00284. The summed E-state index contributed by atoms with van der Waals surface area (Å²) in [5, 5.41) is 7.23. The van der Waals surface area contributed by atoms with Crippen molar-refractivity contribution in [3.8, 4) is 17.2 Å². The summed E-state index contributed by atoms with van der Waals surface area (Å²) in [4.78, 5) is 17.1. The molecule has 0 saturated heterocycles. The number of hydrogen-bond donors (Lipinski definition) is 2. The minimum Gasteiger partial charge on any atom is -0.452 e. The molecule has 166 valence electrons. The zero-order valence-electron chi connectivity index (χ0n) is 18.1. The molecule has 0 radical (unpaired) electrons. The van der Waals surface area contributed by atoms with Crippen molar-refractivity contribution < 1.29 is 13.9 Å². The number of benzene rings is 2. The third-order valence-electron chi connectivity index (χ3n) is 4.98. The Kier molecular flexibility index (Phi) is 6.17. The fourth-order valence-corrected chi connectivity index (χ4v) is 3.47. The lowest BCUT2D eigenvalue weighted by molar-refractivity contribution is 0.102. The molecule has 0 atom stereocenters. The highest BCUT2D eigenvalue weighted by molar-refractivity contribution is 6.06. The van der Waals surface area contributed by atoms with Gasteiger partial charge in [0, 0.05) is 18.0 Å². The van der Waals surface area contributed by atoms with Gasteiger partial charge in [0.15, 0.2) is 17.3 Å². The van der Waals surface area contributed by atoms with E-state index in [0.29, 0.717) is 34.1 Å². The van der Waals surface area contributed by atoms with Crippen LogP contribution >= 0.6 is 0 Å². The summed E-state index contributed by atoms with van der Waals surface area (Å²) in [6.07, 6.45) is 4.47. The lowest BCUT2D eigenvalue weighted by Gasteiger charge is -2.11. The number of ether oxygens (including phenoxy) is 1. The minimum atomic E-state index is -0.632. The number of pyridine rings is 1. The van der Waals surface area contributed by atoms with Gasteiger partial charge in [0.1, 0.15) is 5.69 Å². The van der Waals surface area contributed by atoms with Crippen molar-refractivity contribution in [2.24, 2.45) is 5.73 Å². The van der Waals surface area contributed by atoms with Crippen LogP contribution in [0, 0.1) is 19.7 Å². The van der Waals surface area contributed by atoms with Gasteiger partial charge in [0.25, 0.3) is 5.91 Å². The molecule has 0 unspecified atom stereocenters. The van der Waals surface area contributed by atoms with Crippen molar-refractivity contribution in [2.75, 3.05) is 5.32 Å². The third-order valence-corrected chi connectivity index (χ3v) is 4.98. The zero-order valence-corrected chi connectivity index (χ0v) is 18.1. The van der Waals surface area contributed by atoms with Gasteiger partial charge < -0.3 is 15.8 Å². The smallest absolute Gasteiger partial charge is 0.259 e. The predicted molar refractivity (Wildman–Crippen MR) is 125 cm³/mol. The van der Waals surface area contributed by atoms with Crippen LogP contribution in [0.3, 0.4) is 0 Å². The first-order valence-electron chi connectivity index (χ1n) is 10.2. The number of carbonyl (C=O) groups is 1. The molecule has 2 heterocycles. The zero-order chi connectivity index (χ0) is 23.4. The highest BCUT2D eigenvalue weighted by Gasteiger charge is 2.20. The van der Waals surface area contributed by atoms with Gasteiger partial charge in [-0.3, -0.25) is 9.78 Å². The monoisotopic (exact) mass is 443 g/mol. The average molecular weight is 443 g/mol. The molecule has 0 bridgehead atoms. The molecular weight excluding hydrogens is 421 g/mol. The van der Waals surface area contributed by atoms with E-state index in [1.165, 1.54) is 18.3 Å². The van der Waals surface area contributed by atoms with E-state index in [0.717, 1.165) is 5.69 Å². The molecule has 0 aliphatic carbocycles. The number of para-hydroxylation sites is 1. The van der Waals surface area contributed by atoms with Crippen LogP contribution in [0.2, 0.25) is 0 Å². The molecule has 1 amide bonds. The fraction of sp³-hybridized carbons (Fsp3) is 0.0800. The van der Waals surface area contributed by atoms with Crippen LogP contribution < -0.4 is 15.8 Å². The Morgan fingerprint density at radius 2 is 1.88 bits per heavy atom. The second kappa shape index (κ2) is 9.35. The van der Waals surface area contributed by atoms with E-state index in [2.05, 4.69) is 15.4 Å².